The molecule has 5 rings (SSSR count). The van der Waals surface area contributed by atoms with Crippen LogP contribution in [0.5, 0.6) is 0 Å². The summed E-state index contributed by atoms with van der Waals surface area (Å²) in [7, 11) is -2.90. The van der Waals surface area contributed by atoms with Gasteiger partial charge in [0.15, 0.2) is 0 Å². The van der Waals surface area contributed by atoms with Crippen LogP contribution in [0.4, 0.5) is 20.4 Å². The van der Waals surface area contributed by atoms with E-state index in [1.165, 1.54) is 13.1 Å². The van der Waals surface area contributed by atoms with E-state index in [0.29, 0.717) is 52.5 Å². The average Bonchev–Trinajstić information content (AvgIpc) is 2.87. The van der Waals surface area contributed by atoms with Crippen molar-refractivity contribution in [1.82, 2.24) is 15.3 Å². The Morgan fingerprint density at radius 2 is 1.76 bits per heavy atom. The van der Waals surface area contributed by atoms with Gasteiger partial charge in [-0.3, -0.25) is 9.52 Å². The second-order valence-electron chi connectivity index (χ2n) is 8.58. The average molecular weight is 556 g/mol. The van der Waals surface area contributed by atoms with E-state index >= 15 is 0 Å². The topological polar surface area (TPSA) is 127 Å². The molecule has 8 nitrogen and oxygen atoms in total. The van der Waals surface area contributed by atoms with E-state index in [1.54, 1.807) is 30.3 Å². The van der Waals surface area contributed by atoms with E-state index in [4.69, 9.17) is 17.3 Å². The third-order valence-electron chi connectivity index (χ3n) is 6.17. The molecule has 3 aromatic carbocycles. The van der Waals surface area contributed by atoms with E-state index < -0.39 is 26.6 Å². The van der Waals surface area contributed by atoms with Gasteiger partial charge in [-0.15, -0.1) is 0 Å². The molecule has 4 N–H and O–H groups in total. The van der Waals surface area contributed by atoms with Crippen LogP contribution < -0.4 is 15.8 Å². The summed E-state index contributed by atoms with van der Waals surface area (Å²) < 4.78 is 55.8. The van der Waals surface area contributed by atoms with Crippen molar-refractivity contribution in [3.8, 4) is 22.4 Å². The Labute approximate surface area is 221 Å². The molecule has 12 heteroatoms. The number of nitrogens with two attached hydrogens (primary N) is 1. The second-order valence-corrected chi connectivity index (χ2v) is 10.6. The lowest BCUT2D eigenvalue weighted by Crippen LogP contribution is -2.17. The van der Waals surface area contributed by atoms with Gasteiger partial charge in [-0.1, -0.05) is 23.7 Å². The van der Waals surface area contributed by atoms with Crippen molar-refractivity contribution in [3.63, 3.8) is 0 Å². The molecular weight excluding hydrogens is 536 g/mol. The molecule has 1 amide bonds. The lowest BCUT2D eigenvalue weighted by atomic mass is 9.85. The van der Waals surface area contributed by atoms with Gasteiger partial charge in [-0.2, -0.15) is 0 Å². The predicted molar refractivity (Wildman–Crippen MR) is 140 cm³/mol. The van der Waals surface area contributed by atoms with Gasteiger partial charge in [0.2, 0.25) is 5.95 Å². The number of rotatable bonds is 5. The predicted octanol–water partition coefficient (Wildman–Crippen LogP) is 4.58. The first-order chi connectivity index (χ1) is 18.1. The molecule has 4 aromatic rings. The molecule has 1 aliphatic rings. The number of carbonyl (C=O) groups is 1. The fraction of sp³-hybridized carbons (Fsp3) is 0.115. The zero-order chi connectivity index (χ0) is 27.2. The van der Waals surface area contributed by atoms with Crippen molar-refractivity contribution >= 4 is 39.2 Å². The van der Waals surface area contributed by atoms with Crippen LogP contribution >= 0.6 is 11.6 Å². The molecule has 0 unspecified atom stereocenters. The number of hydrogen-bond acceptors (Lipinski definition) is 6. The Bertz CT molecular complexity index is 1710. The van der Waals surface area contributed by atoms with Gasteiger partial charge in [0, 0.05) is 29.8 Å². The molecule has 0 bridgehead atoms. The van der Waals surface area contributed by atoms with Crippen LogP contribution in [-0.4, -0.2) is 31.3 Å². The van der Waals surface area contributed by atoms with Crippen molar-refractivity contribution in [2.75, 3.05) is 17.5 Å². The fourth-order valence-electron chi connectivity index (χ4n) is 4.40. The zero-order valence-corrected chi connectivity index (χ0v) is 21.4. The van der Waals surface area contributed by atoms with Crippen molar-refractivity contribution in [1.29, 1.82) is 0 Å². The van der Waals surface area contributed by atoms with Crippen molar-refractivity contribution < 1.29 is 22.0 Å². The highest BCUT2D eigenvalue weighted by Gasteiger charge is 2.27. The van der Waals surface area contributed by atoms with Gasteiger partial charge in [0.05, 0.1) is 22.1 Å². The maximum absolute atomic E-state index is 14.3. The van der Waals surface area contributed by atoms with Gasteiger partial charge < -0.3 is 11.1 Å². The Balaban J connectivity index is 1.62. The Kier molecular flexibility index (Phi) is 6.49. The minimum atomic E-state index is -4.44. The largest absolute Gasteiger partial charge is 0.368 e. The van der Waals surface area contributed by atoms with Crippen LogP contribution in [0.2, 0.25) is 5.02 Å². The molecule has 0 saturated heterocycles. The number of hydrogen-bond donors (Lipinski definition) is 3. The molecule has 38 heavy (non-hydrogen) atoms. The number of carbonyl (C=O) groups excluding carboxylic acids is 1. The molecule has 0 spiro atoms. The van der Waals surface area contributed by atoms with E-state index in [-0.39, 0.29) is 22.6 Å². The smallest absolute Gasteiger partial charge is 0.264 e. The summed E-state index contributed by atoms with van der Waals surface area (Å²) >= 11 is 6.42. The summed E-state index contributed by atoms with van der Waals surface area (Å²) in [6.07, 6.45) is 1.10. The SMILES string of the molecule is CNC(=O)c1ccc(-c2nc(N)nc3c2-c2cc(NS(=O)(=O)c4ccc(F)cc4F)c(Cl)cc2CC3)cc1. The maximum Gasteiger partial charge on any atom is 0.264 e. The molecule has 0 fully saturated rings. The highest BCUT2D eigenvalue weighted by molar-refractivity contribution is 7.92. The first-order valence-electron chi connectivity index (χ1n) is 11.4. The van der Waals surface area contributed by atoms with Crippen molar-refractivity contribution in [2.24, 2.45) is 0 Å². The minimum Gasteiger partial charge on any atom is -0.368 e. The van der Waals surface area contributed by atoms with Crippen LogP contribution in [0, 0.1) is 11.6 Å². The van der Waals surface area contributed by atoms with Crippen LogP contribution in [0.1, 0.15) is 21.6 Å². The van der Waals surface area contributed by atoms with Gasteiger partial charge in [-0.05, 0) is 60.4 Å². The lowest BCUT2D eigenvalue weighted by Gasteiger charge is -2.23. The third kappa shape index (κ3) is 4.66. The first kappa shape index (κ1) is 25.6. The summed E-state index contributed by atoms with van der Waals surface area (Å²) in [5.41, 5.74) is 10.4. The Morgan fingerprint density at radius 1 is 1.03 bits per heavy atom. The number of amides is 1. The monoisotopic (exact) mass is 555 g/mol. The molecule has 1 heterocycles. The Morgan fingerprint density at radius 3 is 2.45 bits per heavy atom. The van der Waals surface area contributed by atoms with E-state index in [0.717, 1.165) is 17.7 Å². The van der Waals surface area contributed by atoms with Gasteiger partial charge in [0.25, 0.3) is 15.9 Å². The summed E-state index contributed by atoms with van der Waals surface area (Å²) in [5.74, 6) is -2.31. The number of aryl methyl sites for hydroxylation is 2. The van der Waals surface area contributed by atoms with Crippen LogP contribution in [0.25, 0.3) is 22.4 Å². The number of halogens is 3. The number of nitrogens with one attached hydrogen (secondary N) is 2. The fourth-order valence-corrected chi connectivity index (χ4v) is 5.82. The van der Waals surface area contributed by atoms with Crippen LogP contribution in [0.15, 0.2) is 59.5 Å². The highest BCUT2D eigenvalue weighted by Crippen LogP contribution is 2.43. The third-order valence-corrected chi connectivity index (χ3v) is 7.88. The number of sulfonamides is 1. The first-order valence-corrected chi connectivity index (χ1v) is 13.2. The number of nitrogens with zero attached hydrogens (tertiary/aromatic N) is 2. The van der Waals surface area contributed by atoms with Crippen molar-refractivity contribution in [3.05, 3.63) is 88.1 Å². The summed E-state index contributed by atoms with van der Waals surface area (Å²) in [4.78, 5) is 20.1. The molecular formula is C26H20ClF2N5O3S. The van der Waals surface area contributed by atoms with E-state index in [1.807, 2.05) is 0 Å². The minimum absolute atomic E-state index is 0.000249. The van der Waals surface area contributed by atoms with Crippen LogP contribution in [-0.2, 0) is 22.9 Å². The molecule has 0 saturated carbocycles. The summed E-state index contributed by atoms with van der Waals surface area (Å²) in [6, 6.07) is 12.1. The standard InChI is InChI=1S/C26H20ClF2N5O3S/c1-31-25(35)14-4-2-13(3-5-14)24-23-17-12-21(34-38(36,37)22-9-7-16(28)11-19(22)29)18(27)10-15(17)6-8-20(23)32-26(30)33-24/h2-5,7,9-12,34H,6,8H2,1H3,(H,31,35)(H2,30,32,33). The van der Waals surface area contributed by atoms with Gasteiger partial charge in [-0.25, -0.2) is 27.2 Å². The van der Waals surface area contributed by atoms with E-state index in [9.17, 15) is 22.0 Å². The maximum atomic E-state index is 14.3. The molecule has 1 aromatic heterocycles. The van der Waals surface area contributed by atoms with E-state index in [2.05, 4.69) is 20.0 Å². The summed E-state index contributed by atoms with van der Waals surface area (Å²) in [5, 5.41) is 2.67. The molecule has 194 valence electrons. The van der Waals surface area contributed by atoms with Crippen LogP contribution in [0.3, 0.4) is 0 Å². The molecule has 0 radical (unpaired) electrons. The number of aromatic nitrogens is 2. The van der Waals surface area contributed by atoms with Gasteiger partial charge in [0.1, 0.15) is 16.5 Å². The molecule has 1 aliphatic carbocycles. The Hall–Kier alpha value is -4.09. The summed E-state index contributed by atoms with van der Waals surface area (Å²) in [6.45, 7) is 0. The normalized spacial score (nSPS) is 12.4. The second kappa shape index (κ2) is 9.66. The zero-order valence-electron chi connectivity index (χ0n) is 19.8. The van der Waals surface area contributed by atoms with Crippen molar-refractivity contribution in [2.45, 2.75) is 17.7 Å². The van der Waals surface area contributed by atoms with Gasteiger partial charge >= 0.3 is 0 Å². The quantitative estimate of drug-likeness (QED) is 0.331. The molecule has 0 atom stereocenters. The highest BCUT2D eigenvalue weighted by atomic mass is 35.5. The number of nitrogen functional groups attached to an aromatic ring is 1. The number of anilines is 2. The number of fused-ring (bicyclic) bond motifs is 3. The molecule has 0 aliphatic heterocycles. The lowest BCUT2D eigenvalue weighted by molar-refractivity contribution is 0.0963. The number of benzene rings is 3.